The predicted octanol–water partition coefficient (Wildman–Crippen LogP) is -2.34. The van der Waals surface area contributed by atoms with Gasteiger partial charge in [0, 0.05) is 0 Å². The fraction of sp³-hybridized carbons (Fsp3) is 0.500. The molecule has 1 saturated heterocycles. The molecule has 3 heterocycles. The standard InChI is InChI=1S/C12H16N3O8P/c1-14-5-15(11-8(14)6(16)2-3-13-11)12-10(18)9(17)7(23-12)4-22-24(19,20)21/h2-3,5,7,9-10,12,17-18H,4H2,1H3,(H2-,13,16,19,20,21)/t7-,9-,10-,12?/m1/s1. The van der Waals surface area contributed by atoms with Crippen LogP contribution in [0.1, 0.15) is 6.23 Å². The molecule has 1 aliphatic rings. The molecule has 2 aromatic rings. The monoisotopic (exact) mass is 361 g/mol. The lowest BCUT2D eigenvalue weighted by molar-refractivity contribution is -0.745. The number of phosphoric acid groups is 1. The topological polar surface area (TPSA) is 161 Å². The highest BCUT2D eigenvalue weighted by atomic mass is 31.2. The van der Waals surface area contributed by atoms with Crippen molar-refractivity contribution in [2.45, 2.75) is 24.5 Å². The summed E-state index contributed by atoms with van der Waals surface area (Å²) in [6.07, 6.45) is -2.29. The van der Waals surface area contributed by atoms with Gasteiger partial charge < -0.3 is 29.8 Å². The van der Waals surface area contributed by atoms with Crippen LogP contribution in [-0.2, 0) is 20.9 Å². The van der Waals surface area contributed by atoms with E-state index < -0.39 is 39.0 Å². The Labute approximate surface area is 135 Å². The summed E-state index contributed by atoms with van der Waals surface area (Å²) in [6, 6.07) is 1.30. The predicted molar refractivity (Wildman–Crippen MR) is 74.3 cm³/mol. The van der Waals surface area contributed by atoms with Crippen molar-refractivity contribution < 1.29 is 43.5 Å². The van der Waals surface area contributed by atoms with Gasteiger partial charge in [-0.05, 0) is 6.07 Å². The lowest BCUT2D eigenvalue weighted by atomic mass is 10.1. The number of phosphoric ester groups is 1. The second-order valence-electron chi connectivity index (χ2n) is 5.45. The molecule has 0 radical (unpaired) electrons. The molecule has 1 fully saturated rings. The Kier molecular flexibility index (Phi) is 4.34. The van der Waals surface area contributed by atoms with Gasteiger partial charge in [-0.2, -0.15) is 0 Å². The van der Waals surface area contributed by atoms with Crippen molar-refractivity contribution in [2.24, 2.45) is 7.05 Å². The third-order valence-corrected chi connectivity index (χ3v) is 4.27. The van der Waals surface area contributed by atoms with Gasteiger partial charge in [0.25, 0.3) is 0 Å². The first-order valence-electron chi connectivity index (χ1n) is 6.93. The average molecular weight is 361 g/mol. The van der Waals surface area contributed by atoms with E-state index in [1.165, 1.54) is 27.7 Å². The van der Waals surface area contributed by atoms with Crippen LogP contribution in [0.3, 0.4) is 0 Å². The summed E-state index contributed by atoms with van der Waals surface area (Å²) in [5.41, 5.74) is 0.538. The first-order valence-corrected chi connectivity index (χ1v) is 8.46. The smallest absolute Gasteiger partial charge is 0.469 e. The minimum atomic E-state index is -4.74. The number of hydrogen-bond acceptors (Lipinski definition) is 7. The third kappa shape index (κ3) is 3.03. The number of aliphatic hydroxyl groups excluding tert-OH is 2. The number of fused-ring (bicyclic) bond motifs is 1. The Balaban J connectivity index is 1.90. The molecule has 3 rings (SSSR count). The average Bonchev–Trinajstić information content (AvgIpc) is 2.96. The van der Waals surface area contributed by atoms with Gasteiger partial charge in [0.15, 0.2) is 11.8 Å². The summed E-state index contributed by atoms with van der Waals surface area (Å²) in [5, 5.41) is 32.1. The van der Waals surface area contributed by atoms with E-state index in [0.29, 0.717) is 0 Å². The zero-order chi connectivity index (χ0) is 17.6. The summed E-state index contributed by atoms with van der Waals surface area (Å²) in [7, 11) is -3.12. The zero-order valence-electron chi connectivity index (χ0n) is 12.5. The second kappa shape index (κ2) is 6.05. The normalized spacial score (nSPS) is 27.9. The van der Waals surface area contributed by atoms with Crippen LogP contribution in [0, 0.1) is 0 Å². The van der Waals surface area contributed by atoms with Crippen molar-refractivity contribution in [2.75, 3.05) is 6.61 Å². The zero-order valence-corrected chi connectivity index (χ0v) is 13.4. The van der Waals surface area contributed by atoms with Crippen molar-refractivity contribution in [1.82, 2.24) is 9.55 Å². The molecule has 12 heteroatoms. The molecule has 2 aromatic heterocycles. The van der Waals surface area contributed by atoms with E-state index in [0.717, 1.165) is 0 Å². The number of aromatic nitrogens is 3. The minimum Gasteiger partial charge on any atom is -0.870 e. The van der Waals surface area contributed by atoms with E-state index in [2.05, 4.69) is 9.51 Å². The maximum Gasteiger partial charge on any atom is 0.469 e. The van der Waals surface area contributed by atoms with Crippen molar-refractivity contribution in [3.05, 3.63) is 18.6 Å². The maximum absolute atomic E-state index is 11.9. The Bertz CT molecular complexity index is 805. The molecule has 0 bridgehead atoms. The number of hydrogen-bond donors (Lipinski definition) is 4. The fourth-order valence-electron chi connectivity index (χ4n) is 2.70. The van der Waals surface area contributed by atoms with Gasteiger partial charge in [0.2, 0.25) is 6.23 Å². The molecule has 4 atom stereocenters. The second-order valence-corrected chi connectivity index (χ2v) is 6.69. The highest BCUT2D eigenvalue weighted by Gasteiger charge is 2.47. The summed E-state index contributed by atoms with van der Waals surface area (Å²) in [5.74, 6) is -0.268. The number of pyridine rings is 1. The van der Waals surface area contributed by atoms with Gasteiger partial charge in [0.1, 0.15) is 24.5 Å². The Morgan fingerprint density at radius 3 is 2.83 bits per heavy atom. The highest BCUT2D eigenvalue weighted by molar-refractivity contribution is 7.46. The van der Waals surface area contributed by atoms with E-state index in [-0.39, 0.29) is 16.9 Å². The Morgan fingerprint density at radius 2 is 2.17 bits per heavy atom. The van der Waals surface area contributed by atoms with Crippen molar-refractivity contribution >= 4 is 19.0 Å². The molecular weight excluding hydrogens is 345 g/mol. The molecule has 4 N–H and O–H groups in total. The van der Waals surface area contributed by atoms with Crippen molar-refractivity contribution in [1.29, 1.82) is 0 Å². The summed E-state index contributed by atoms with van der Waals surface area (Å²) >= 11 is 0. The largest absolute Gasteiger partial charge is 0.870 e. The van der Waals surface area contributed by atoms with Crippen molar-refractivity contribution in [3.63, 3.8) is 0 Å². The minimum absolute atomic E-state index is 0.248. The third-order valence-electron chi connectivity index (χ3n) is 3.78. The number of aliphatic hydroxyl groups is 2. The lowest BCUT2D eigenvalue weighted by Crippen LogP contribution is -2.45. The van der Waals surface area contributed by atoms with Crippen LogP contribution in [-0.4, -0.2) is 54.5 Å². The van der Waals surface area contributed by atoms with Crippen LogP contribution in [0.15, 0.2) is 18.6 Å². The van der Waals surface area contributed by atoms with Crippen LogP contribution in [0.5, 0.6) is 5.75 Å². The molecule has 132 valence electrons. The van der Waals surface area contributed by atoms with Crippen molar-refractivity contribution in [3.8, 4) is 5.75 Å². The lowest BCUT2D eigenvalue weighted by Gasteiger charge is -2.14. The van der Waals surface area contributed by atoms with Crippen LogP contribution in [0.4, 0.5) is 0 Å². The van der Waals surface area contributed by atoms with Gasteiger partial charge >= 0.3 is 13.5 Å². The molecule has 0 amide bonds. The number of rotatable bonds is 4. The first kappa shape index (κ1) is 17.2. The molecule has 24 heavy (non-hydrogen) atoms. The van der Waals surface area contributed by atoms with E-state index in [1.54, 1.807) is 7.05 Å². The van der Waals surface area contributed by atoms with E-state index >= 15 is 0 Å². The maximum atomic E-state index is 11.9. The number of nitrogens with zero attached hydrogens (tertiary/aromatic N) is 3. The van der Waals surface area contributed by atoms with E-state index in [1.807, 2.05) is 0 Å². The summed E-state index contributed by atoms with van der Waals surface area (Å²) in [6.45, 7) is -0.607. The van der Waals surface area contributed by atoms with Crippen LogP contribution >= 0.6 is 7.82 Å². The SMILES string of the molecule is Cn1c[n+](C2O[C@H](COP(=O)(O)O)[C@@H](O)[C@H]2O)c2nccc([O-])c21. The van der Waals surface area contributed by atoms with E-state index in [4.69, 9.17) is 14.5 Å². The highest BCUT2D eigenvalue weighted by Crippen LogP contribution is 2.37. The molecule has 0 saturated carbocycles. The van der Waals surface area contributed by atoms with Crippen LogP contribution in [0.2, 0.25) is 0 Å². The van der Waals surface area contributed by atoms with E-state index in [9.17, 15) is 19.9 Å². The van der Waals surface area contributed by atoms with Gasteiger partial charge in [-0.25, -0.2) is 9.13 Å². The Hall–Kier alpha value is -1.59. The van der Waals surface area contributed by atoms with Gasteiger partial charge in [-0.15, -0.1) is 4.98 Å². The molecule has 1 unspecified atom stereocenters. The molecule has 11 nitrogen and oxygen atoms in total. The number of aryl methyl sites for hydroxylation is 1. The fourth-order valence-corrected chi connectivity index (χ4v) is 3.04. The quantitative estimate of drug-likeness (QED) is 0.345. The molecule has 0 spiro atoms. The van der Waals surface area contributed by atoms with Gasteiger partial charge in [-0.3, -0.25) is 9.09 Å². The molecule has 1 aliphatic heterocycles. The van der Waals surface area contributed by atoms with Gasteiger partial charge in [-0.1, -0.05) is 5.75 Å². The molecule has 0 aromatic carbocycles. The summed E-state index contributed by atoms with van der Waals surface area (Å²) in [4.78, 5) is 21.5. The first-order chi connectivity index (χ1) is 11.2. The number of ether oxygens (including phenoxy) is 1. The number of imidazole rings is 1. The Morgan fingerprint density at radius 1 is 1.46 bits per heavy atom. The van der Waals surface area contributed by atoms with Crippen LogP contribution in [0.25, 0.3) is 11.2 Å². The van der Waals surface area contributed by atoms with Gasteiger partial charge in [0.05, 0.1) is 13.7 Å². The molecular formula is C12H16N3O8P. The van der Waals surface area contributed by atoms with Crippen LogP contribution < -0.4 is 9.67 Å². The molecule has 0 aliphatic carbocycles. The summed E-state index contributed by atoms with van der Waals surface area (Å²) < 4.78 is 23.4.